The van der Waals surface area contributed by atoms with Crippen molar-refractivity contribution in [2.45, 2.75) is 13.1 Å². The minimum atomic E-state index is -0.288. The third-order valence-electron chi connectivity index (χ3n) is 6.02. The molecule has 1 aromatic heterocycles. The van der Waals surface area contributed by atoms with Gasteiger partial charge in [0, 0.05) is 43.1 Å². The van der Waals surface area contributed by atoms with E-state index in [1.807, 2.05) is 24.3 Å². The van der Waals surface area contributed by atoms with Gasteiger partial charge in [0.05, 0.1) is 31.8 Å². The lowest BCUT2D eigenvalue weighted by Gasteiger charge is -2.34. The molecule has 2 fully saturated rings. The summed E-state index contributed by atoms with van der Waals surface area (Å²) in [4.78, 5) is 28.4. The molecule has 2 saturated heterocycles. The van der Waals surface area contributed by atoms with Crippen molar-refractivity contribution in [1.29, 1.82) is 0 Å². The topological polar surface area (TPSA) is 61.8 Å². The van der Waals surface area contributed by atoms with E-state index in [1.165, 1.54) is 12.1 Å². The van der Waals surface area contributed by atoms with Gasteiger partial charge < -0.3 is 14.5 Å². The van der Waals surface area contributed by atoms with Crippen LogP contribution in [0.4, 0.5) is 10.2 Å². The van der Waals surface area contributed by atoms with Crippen LogP contribution in [0.3, 0.4) is 0 Å². The highest BCUT2D eigenvalue weighted by atomic mass is 35.5. The molecule has 0 radical (unpaired) electrons. The molecule has 0 saturated carbocycles. The Hall–Kier alpha value is -2.81. The molecule has 5 rings (SSSR count). The molecule has 2 aliphatic heterocycles. The second-order valence-electron chi connectivity index (χ2n) is 8.38. The van der Waals surface area contributed by atoms with E-state index in [9.17, 15) is 9.18 Å². The van der Waals surface area contributed by atoms with Crippen molar-refractivity contribution in [3.8, 4) is 0 Å². The number of nitrogens with zero attached hydrogens (tertiary/aromatic N) is 5. The summed E-state index contributed by atoms with van der Waals surface area (Å²) in [5, 5.41) is 1.57. The predicted molar refractivity (Wildman–Crippen MR) is 125 cm³/mol. The molecule has 1 amide bonds. The quantitative estimate of drug-likeness (QED) is 0.572. The van der Waals surface area contributed by atoms with Gasteiger partial charge in [-0.05, 0) is 35.9 Å². The number of fused-ring (bicyclic) bond motifs is 1. The van der Waals surface area contributed by atoms with Gasteiger partial charge in [0.2, 0.25) is 5.91 Å². The highest BCUT2D eigenvalue weighted by molar-refractivity contribution is 6.31. The molecule has 0 N–H and O–H groups in total. The summed E-state index contributed by atoms with van der Waals surface area (Å²) in [7, 11) is 0. The van der Waals surface area contributed by atoms with Gasteiger partial charge >= 0.3 is 0 Å². The van der Waals surface area contributed by atoms with E-state index in [1.54, 1.807) is 11.0 Å². The molecule has 9 heteroatoms. The maximum Gasteiger partial charge on any atom is 0.237 e. The molecule has 33 heavy (non-hydrogen) atoms. The standard InChI is InChI=1S/C24H25ClFN5O2/c25-18-4-5-21-20(13-18)24(30-8-10-33-11-9-30)28-22(27-21)15-29-6-7-31(23(32)16-29)14-17-2-1-3-19(26)12-17/h1-5,12-13H,6-11,14-16H2. The van der Waals surface area contributed by atoms with Gasteiger partial charge in [-0.25, -0.2) is 14.4 Å². The molecule has 0 unspecified atom stereocenters. The van der Waals surface area contributed by atoms with Crippen molar-refractivity contribution in [2.75, 3.05) is 50.8 Å². The van der Waals surface area contributed by atoms with Gasteiger partial charge in [-0.2, -0.15) is 0 Å². The van der Waals surface area contributed by atoms with Gasteiger partial charge in [0.15, 0.2) is 0 Å². The van der Waals surface area contributed by atoms with Crippen molar-refractivity contribution in [3.05, 3.63) is 64.7 Å². The third-order valence-corrected chi connectivity index (χ3v) is 6.25. The Bertz CT molecular complexity index is 1170. The van der Waals surface area contributed by atoms with E-state index in [2.05, 4.69) is 9.80 Å². The largest absolute Gasteiger partial charge is 0.378 e. The Labute approximate surface area is 196 Å². The Kier molecular flexibility index (Phi) is 6.39. The van der Waals surface area contributed by atoms with E-state index in [0.29, 0.717) is 50.2 Å². The molecular formula is C24H25ClFN5O2. The highest BCUT2D eigenvalue weighted by Gasteiger charge is 2.25. The van der Waals surface area contributed by atoms with Crippen LogP contribution in [0, 0.1) is 5.82 Å². The van der Waals surface area contributed by atoms with E-state index in [-0.39, 0.29) is 18.3 Å². The number of aromatic nitrogens is 2. The average molecular weight is 470 g/mol. The minimum Gasteiger partial charge on any atom is -0.378 e. The number of halogens is 2. The normalized spacial score (nSPS) is 17.7. The minimum absolute atomic E-state index is 0.0199. The van der Waals surface area contributed by atoms with Crippen molar-refractivity contribution in [1.82, 2.24) is 19.8 Å². The molecule has 0 aliphatic carbocycles. The second kappa shape index (κ2) is 9.59. The van der Waals surface area contributed by atoms with Gasteiger partial charge in [0.1, 0.15) is 17.5 Å². The Balaban J connectivity index is 1.32. The zero-order chi connectivity index (χ0) is 22.8. The van der Waals surface area contributed by atoms with Gasteiger partial charge in [-0.15, -0.1) is 0 Å². The van der Waals surface area contributed by atoms with Crippen LogP contribution in [-0.4, -0.2) is 71.6 Å². The first-order valence-corrected chi connectivity index (χ1v) is 11.5. The number of amides is 1. The summed E-state index contributed by atoms with van der Waals surface area (Å²) >= 11 is 6.25. The lowest BCUT2D eigenvalue weighted by atomic mass is 10.2. The third kappa shape index (κ3) is 5.08. The van der Waals surface area contributed by atoms with E-state index in [4.69, 9.17) is 26.3 Å². The molecule has 0 atom stereocenters. The number of rotatable bonds is 5. The molecule has 3 aromatic rings. The second-order valence-corrected chi connectivity index (χ2v) is 8.82. The van der Waals surface area contributed by atoms with Crippen LogP contribution in [0.25, 0.3) is 10.9 Å². The molecular weight excluding hydrogens is 445 g/mol. The number of hydrogen-bond donors (Lipinski definition) is 0. The SMILES string of the molecule is O=C1CN(Cc2nc(N3CCOCC3)c3cc(Cl)ccc3n2)CCN1Cc1cccc(F)c1. The molecule has 3 heterocycles. The number of ether oxygens (including phenoxy) is 1. The lowest BCUT2D eigenvalue weighted by molar-refractivity contribution is -0.136. The summed E-state index contributed by atoms with van der Waals surface area (Å²) in [5.74, 6) is 1.27. The van der Waals surface area contributed by atoms with E-state index >= 15 is 0 Å². The molecule has 0 bridgehead atoms. The Morgan fingerprint density at radius 1 is 1.00 bits per heavy atom. The first kappa shape index (κ1) is 22.0. The summed E-state index contributed by atoms with van der Waals surface area (Å²) in [6.07, 6.45) is 0. The van der Waals surface area contributed by atoms with Crippen LogP contribution in [-0.2, 0) is 22.6 Å². The number of morpholine rings is 1. The first-order chi connectivity index (χ1) is 16.0. The fourth-order valence-electron chi connectivity index (χ4n) is 4.33. The zero-order valence-electron chi connectivity index (χ0n) is 18.2. The monoisotopic (exact) mass is 469 g/mol. The van der Waals surface area contributed by atoms with Crippen molar-refractivity contribution >= 4 is 34.2 Å². The average Bonchev–Trinajstić information content (AvgIpc) is 2.81. The van der Waals surface area contributed by atoms with Crippen LogP contribution in [0.5, 0.6) is 0 Å². The number of piperazine rings is 1. The summed E-state index contributed by atoms with van der Waals surface area (Å²) < 4.78 is 19.0. The fourth-order valence-corrected chi connectivity index (χ4v) is 4.51. The van der Waals surface area contributed by atoms with Crippen molar-refractivity contribution < 1.29 is 13.9 Å². The van der Waals surface area contributed by atoms with E-state index in [0.717, 1.165) is 35.4 Å². The highest BCUT2D eigenvalue weighted by Crippen LogP contribution is 2.28. The molecule has 2 aliphatic rings. The maximum atomic E-state index is 13.5. The summed E-state index contributed by atoms with van der Waals surface area (Å²) in [6, 6.07) is 12.0. The zero-order valence-corrected chi connectivity index (χ0v) is 19.0. The number of anilines is 1. The maximum absolute atomic E-state index is 13.5. The van der Waals surface area contributed by atoms with Crippen LogP contribution in [0.1, 0.15) is 11.4 Å². The van der Waals surface area contributed by atoms with Crippen molar-refractivity contribution in [2.24, 2.45) is 0 Å². The molecule has 2 aromatic carbocycles. The van der Waals surface area contributed by atoms with Gasteiger partial charge in [0.25, 0.3) is 0 Å². The predicted octanol–water partition coefficient (Wildman–Crippen LogP) is 3.10. The number of hydrogen-bond acceptors (Lipinski definition) is 6. The number of carbonyl (C=O) groups is 1. The smallest absolute Gasteiger partial charge is 0.237 e. The number of benzene rings is 2. The Morgan fingerprint density at radius 3 is 2.64 bits per heavy atom. The first-order valence-electron chi connectivity index (χ1n) is 11.1. The van der Waals surface area contributed by atoms with Crippen LogP contribution < -0.4 is 4.90 Å². The summed E-state index contributed by atoms with van der Waals surface area (Å²) in [5.41, 5.74) is 1.63. The number of carbonyl (C=O) groups excluding carboxylic acids is 1. The van der Waals surface area contributed by atoms with Crippen LogP contribution >= 0.6 is 11.6 Å². The fraction of sp³-hybridized carbons (Fsp3) is 0.375. The lowest BCUT2D eigenvalue weighted by Crippen LogP contribution is -2.49. The van der Waals surface area contributed by atoms with E-state index < -0.39 is 0 Å². The van der Waals surface area contributed by atoms with Gasteiger partial charge in [-0.3, -0.25) is 9.69 Å². The van der Waals surface area contributed by atoms with Crippen LogP contribution in [0.15, 0.2) is 42.5 Å². The van der Waals surface area contributed by atoms with Crippen molar-refractivity contribution in [3.63, 3.8) is 0 Å². The van der Waals surface area contributed by atoms with Gasteiger partial charge in [-0.1, -0.05) is 23.7 Å². The molecule has 7 nitrogen and oxygen atoms in total. The summed E-state index contributed by atoms with van der Waals surface area (Å²) in [6.45, 7) is 5.29. The molecule has 0 spiro atoms. The Morgan fingerprint density at radius 2 is 1.85 bits per heavy atom. The van der Waals surface area contributed by atoms with Crippen LogP contribution in [0.2, 0.25) is 5.02 Å². The molecule has 172 valence electrons.